The van der Waals surface area contributed by atoms with Crippen molar-refractivity contribution in [1.29, 1.82) is 0 Å². The van der Waals surface area contributed by atoms with E-state index in [1.165, 1.54) is 71.2 Å². The van der Waals surface area contributed by atoms with Crippen LogP contribution in [-0.4, -0.2) is 60.6 Å². The molecule has 3 unspecified atom stereocenters. The molecule has 0 radical (unpaired) electrons. The monoisotopic (exact) mass is 249 g/mol. The van der Waals surface area contributed by atoms with Crippen molar-refractivity contribution in [3.63, 3.8) is 0 Å². The van der Waals surface area contributed by atoms with Crippen molar-refractivity contribution in [2.45, 2.75) is 56.7 Å². The molecule has 3 heteroatoms. The molecular weight excluding hydrogens is 222 g/mol. The molecule has 0 aromatic heterocycles. The quantitative estimate of drug-likeness (QED) is 0.810. The summed E-state index contributed by atoms with van der Waals surface area (Å²) in [5.41, 5.74) is 0. The maximum Gasteiger partial charge on any atom is 0.0250 e. The van der Waals surface area contributed by atoms with E-state index in [4.69, 9.17) is 0 Å². The van der Waals surface area contributed by atoms with Crippen molar-refractivity contribution >= 4 is 0 Å². The lowest BCUT2D eigenvalue weighted by Crippen LogP contribution is -2.41. The van der Waals surface area contributed by atoms with Gasteiger partial charge in [-0.3, -0.25) is 4.90 Å². The van der Waals surface area contributed by atoms with Crippen molar-refractivity contribution in [2.24, 2.45) is 5.92 Å². The zero-order valence-corrected chi connectivity index (χ0v) is 11.5. The largest absolute Gasteiger partial charge is 0.312 e. The van der Waals surface area contributed by atoms with Gasteiger partial charge in [0.05, 0.1) is 0 Å². The van der Waals surface area contributed by atoms with E-state index in [1.54, 1.807) is 0 Å². The Balaban J connectivity index is 1.24. The zero-order valence-electron chi connectivity index (χ0n) is 11.5. The first kappa shape index (κ1) is 11.7. The summed E-state index contributed by atoms with van der Waals surface area (Å²) in [6, 6.07) is 2.67. The Morgan fingerprint density at radius 3 is 2.67 bits per heavy atom. The van der Waals surface area contributed by atoms with Crippen LogP contribution in [0.1, 0.15) is 38.5 Å². The molecule has 3 nitrogen and oxygen atoms in total. The second-order valence-corrected chi connectivity index (χ2v) is 6.93. The minimum atomic E-state index is 0.808. The molecule has 4 fully saturated rings. The van der Waals surface area contributed by atoms with E-state index >= 15 is 0 Å². The number of nitrogens with one attached hydrogen (secondary N) is 1. The third-order valence-corrected chi connectivity index (χ3v) is 5.66. The molecule has 1 saturated carbocycles. The molecule has 102 valence electrons. The Hall–Kier alpha value is -0.120. The summed E-state index contributed by atoms with van der Waals surface area (Å²) in [7, 11) is 0. The summed E-state index contributed by atoms with van der Waals surface area (Å²) >= 11 is 0. The van der Waals surface area contributed by atoms with Crippen molar-refractivity contribution < 1.29 is 0 Å². The summed E-state index contributed by atoms with van der Waals surface area (Å²) in [6.45, 7) is 6.73. The van der Waals surface area contributed by atoms with E-state index in [2.05, 4.69) is 15.1 Å². The maximum absolute atomic E-state index is 3.91. The molecule has 3 heterocycles. The van der Waals surface area contributed by atoms with E-state index in [0.29, 0.717) is 0 Å². The van der Waals surface area contributed by atoms with Gasteiger partial charge in [-0.25, -0.2) is 0 Å². The lowest BCUT2D eigenvalue weighted by atomic mass is 10.0. The molecule has 1 N–H and O–H groups in total. The molecule has 3 saturated heterocycles. The van der Waals surface area contributed by atoms with Crippen LogP contribution in [0.4, 0.5) is 0 Å². The molecule has 4 rings (SSSR count). The highest BCUT2D eigenvalue weighted by Crippen LogP contribution is 2.32. The Labute approximate surface area is 111 Å². The summed E-state index contributed by atoms with van der Waals surface area (Å²) in [5.74, 6) is 0.932. The summed E-state index contributed by atoms with van der Waals surface area (Å²) in [6.07, 6.45) is 8.65. The van der Waals surface area contributed by atoms with Gasteiger partial charge in [0.2, 0.25) is 0 Å². The number of hydrogen-bond acceptors (Lipinski definition) is 3. The number of nitrogens with zero attached hydrogens (tertiary/aromatic N) is 2. The molecule has 0 amide bonds. The van der Waals surface area contributed by atoms with Crippen molar-refractivity contribution in [3.8, 4) is 0 Å². The maximum atomic E-state index is 3.91. The first-order chi connectivity index (χ1) is 8.90. The number of hydrogen-bond donors (Lipinski definition) is 1. The van der Waals surface area contributed by atoms with Crippen LogP contribution in [0.3, 0.4) is 0 Å². The summed E-state index contributed by atoms with van der Waals surface area (Å²) in [5, 5.41) is 3.91. The molecule has 0 aromatic carbocycles. The smallest absolute Gasteiger partial charge is 0.0250 e. The molecule has 0 aromatic rings. The minimum Gasteiger partial charge on any atom is -0.312 e. The van der Waals surface area contributed by atoms with Crippen LogP contribution in [0.2, 0.25) is 0 Å². The van der Waals surface area contributed by atoms with Gasteiger partial charge >= 0.3 is 0 Å². The zero-order chi connectivity index (χ0) is 11.9. The van der Waals surface area contributed by atoms with Crippen LogP contribution in [0.5, 0.6) is 0 Å². The molecule has 0 spiro atoms. The average molecular weight is 249 g/mol. The summed E-state index contributed by atoms with van der Waals surface area (Å²) < 4.78 is 0. The Morgan fingerprint density at radius 1 is 0.889 bits per heavy atom. The number of fused-ring (bicyclic) bond motifs is 1. The van der Waals surface area contributed by atoms with Crippen molar-refractivity contribution in [3.05, 3.63) is 0 Å². The van der Waals surface area contributed by atoms with Gasteiger partial charge in [-0.15, -0.1) is 0 Å². The number of likely N-dealkylation sites (tertiary alicyclic amines) is 1. The van der Waals surface area contributed by atoms with Crippen LogP contribution >= 0.6 is 0 Å². The van der Waals surface area contributed by atoms with Gasteiger partial charge in [0, 0.05) is 31.2 Å². The van der Waals surface area contributed by atoms with E-state index in [-0.39, 0.29) is 0 Å². The van der Waals surface area contributed by atoms with Gasteiger partial charge in [0.1, 0.15) is 0 Å². The molecule has 3 aliphatic heterocycles. The number of rotatable bonds is 4. The minimum absolute atomic E-state index is 0.808. The lowest BCUT2D eigenvalue weighted by molar-refractivity contribution is 0.286. The molecule has 18 heavy (non-hydrogen) atoms. The topological polar surface area (TPSA) is 18.5 Å². The Bertz CT molecular complexity index is 302. The molecule has 4 aliphatic rings. The third-order valence-electron chi connectivity index (χ3n) is 5.66. The predicted octanol–water partition coefficient (Wildman–Crippen LogP) is 1.30. The first-order valence-electron chi connectivity index (χ1n) is 8.11. The SMILES string of the molecule is C1CC2C(NCC3CCN(C4CC4)C3)CCN2C1. The molecule has 3 atom stereocenters. The third kappa shape index (κ3) is 2.21. The predicted molar refractivity (Wildman–Crippen MR) is 73.7 cm³/mol. The van der Waals surface area contributed by atoms with Gasteiger partial charge in [0.15, 0.2) is 0 Å². The Kier molecular flexibility index (Phi) is 3.10. The van der Waals surface area contributed by atoms with Crippen molar-refractivity contribution in [2.75, 3.05) is 32.7 Å². The van der Waals surface area contributed by atoms with Gasteiger partial charge in [-0.2, -0.15) is 0 Å². The van der Waals surface area contributed by atoms with E-state index in [1.807, 2.05) is 0 Å². The van der Waals surface area contributed by atoms with Crippen LogP contribution in [0.15, 0.2) is 0 Å². The Morgan fingerprint density at radius 2 is 1.78 bits per heavy atom. The van der Waals surface area contributed by atoms with E-state index in [9.17, 15) is 0 Å². The highest BCUT2D eigenvalue weighted by atomic mass is 15.2. The summed E-state index contributed by atoms with van der Waals surface area (Å²) in [4.78, 5) is 5.45. The fourth-order valence-corrected chi connectivity index (χ4v) is 4.44. The molecular formula is C15H27N3. The average Bonchev–Trinajstić information content (AvgIpc) is 2.82. The second kappa shape index (κ2) is 4.77. The standard InChI is InChI=1S/C15H27N3/c1-2-15-14(6-9-17(15)7-1)16-10-12-5-8-18(11-12)13-3-4-13/h12-16H,1-11H2. The van der Waals surface area contributed by atoms with E-state index < -0.39 is 0 Å². The van der Waals surface area contributed by atoms with E-state index in [0.717, 1.165) is 24.0 Å². The van der Waals surface area contributed by atoms with Crippen LogP contribution < -0.4 is 5.32 Å². The normalized spacial score (nSPS) is 41.7. The lowest BCUT2D eigenvalue weighted by Gasteiger charge is -2.23. The van der Waals surface area contributed by atoms with Gasteiger partial charge in [0.25, 0.3) is 0 Å². The van der Waals surface area contributed by atoms with Crippen LogP contribution in [0, 0.1) is 5.92 Å². The second-order valence-electron chi connectivity index (χ2n) is 6.93. The molecule has 1 aliphatic carbocycles. The van der Waals surface area contributed by atoms with Gasteiger partial charge < -0.3 is 10.2 Å². The first-order valence-corrected chi connectivity index (χ1v) is 8.11. The van der Waals surface area contributed by atoms with Gasteiger partial charge in [-0.05, 0) is 64.1 Å². The highest BCUT2D eigenvalue weighted by molar-refractivity contribution is 4.96. The fraction of sp³-hybridized carbons (Fsp3) is 1.00. The van der Waals surface area contributed by atoms with Crippen LogP contribution in [-0.2, 0) is 0 Å². The molecule has 0 bridgehead atoms. The fourth-order valence-electron chi connectivity index (χ4n) is 4.44. The van der Waals surface area contributed by atoms with Gasteiger partial charge in [-0.1, -0.05) is 0 Å². The van der Waals surface area contributed by atoms with Crippen LogP contribution in [0.25, 0.3) is 0 Å². The highest BCUT2D eigenvalue weighted by Gasteiger charge is 2.38. The van der Waals surface area contributed by atoms with Crippen molar-refractivity contribution in [1.82, 2.24) is 15.1 Å².